The molecule has 0 aromatic rings. The van der Waals surface area contributed by atoms with Crippen LogP contribution in [0.15, 0.2) is 0 Å². The Labute approximate surface area is 83.4 Å². The van der Waals surface area contributed by atoms with E-state index in [0.29, 0.717) is 0 Å². The lowest BCUT2D eigenvalue weighted by molar-refractivity contribution is 0.247. The Balaban J connectivity index is 2.41. The van der Waals surface area contributed by atoms with Gasteiger partial charge >= 0.3 is 0 Å². The van der Waals surface area contributed by atoms with Gasteiger partial charge in [-0.15, -0.1) is 0 Å². The van der Waals surface area contributed by atoms with E-state index in [4.69, 9.17) is 0 Å². The molecule has 0 saturated carbocycles. The molecule has 0 amide bonds. The molecule has 11 heavy (non-hydrogen) atoms. The first-order valence-corrected chi connectivity index (χ1v) is 5.31. The third-order valence-corrected chi connectivity index (χ3v) is 3.46. The molecule has 1 unspecified atom stereocenters. The van der Waals surface area contributed by atoms with E-state index in [1.165, 1.54) is 32.5 Å². The van der Waals surface area contributed by atoms with E-state index in [0.717, 1.165) is 6.04 Å². The van der Waals surface area contributed by atoms with Crippen molar-refractivity contribution in [3.63, 3.8) is 0 Å². The number of halogens is 1. The molecule has 0 radical (unpaired) electrons. The molecule has 0 bridgehead atoms. The fraction of sp³-hybridized carbons (Fsp3) is 1.00. The average Bonchev–Trinajstić information content (AvgIpc) is 2.15. The Morgan fingerprint density at radius 2 is 2.09 bits per heavy atom. The summed E-state index contributed by atoms with van der Waals surface area (Å²) in [6, 6.07) is 0.815. The van der Waals surface area contributed by atoms with Gasteiger partial charge in [0.2, 0.25) is 0 Å². The van der Waals surface area contributed by atoms with Crippen molar-refractivity contribution in [1.29, 1.82) is 0 Å². The quantitative estimate of drug-likeness (QED) is 0.528. The van der Waals surface area contributed by atoms with Gasteiger partial charge < -0.3 is 4.90 Å². The van der Waals surface area contributed by atoms with Gasteiger partial charge in [-0.1, -0.05) is 6.92 Å². The predicted molar refractivity (Wildman–Crippen MR) is 56.9 cm³/mol. The Morgan fingerprint density at radius 1 is 1.36 bits per heavy atom. The fourth-order valence-corrected chi connectivity index (χ4v) is 2.08. The van der Waals surface area contributed by atoms with Crippen molar-refractivity contribution in [2.45, 2.75) is 25.8 Å². The highest BCUT2D eigenvalue weighted by atomic mass is 127. The molecule has 1 aliphatic heterocycles. The average molecular weight is 268 g/mol. The molecule has 1 heterocycles. The van der Waals surface area contributed by atoms with Crippen LogP contribution in [0.5, 0.6) is 0 Å². The van der Waals surface area contributed by atoms with Crippen molar-refractivity contribution in [3.05, 3.63) is 0 Å². The Morgan fingerprint density at radius 3 is 2.73 bits per heavy atom. The number of hydrogen-bond donors (Lipinski definition) is 0. The van der Waals surface area contributed by atoms with E-state index in [9.17, 15) is 0 Å². The van der Waals surface area contributed by atoms with Crippen LogP contribution in [-0.4, -0.2) is 40.7 Å². The maximum absolute atomic E-state index is 2.48. The largest absolute Gasteiger partial charge is 0.302 e. The monoisotopic (exact) mass is 268 g/mol. The second-order valence-electron chi connectivity index (χ2n) is 3.24. The minimum Gasteiger partial charge on any atom is -0.302 e. The van der Waals surface area contributed by atoms with Crippen molar-refractivity contribution in [2.24, 2.45) is 0 Å². The van der Waals surface area contributed by atoms with Crippen LogP contribution in [0.25, 0.3) is 0 Å². The summed E-state index contributed by atoms with van der Waals surface area (Å²) in [6.07, 6.45) is 2.62. The van der Waals surface area contributed by atoms with Crippen LogP contribution in [0, 0.1) is 0 Å². The number of likely N-dealkylation sites (N-methyl/N-ethyl adjacent to an activating group) is 1. The third kappa shape index (κ3) is 2.87. The van der Waals surface area contributed by atoms with Gasteiger partial charge in [0.15, 0.2) is 0 Å². The van der Waals surface area contributed by atoms with Gasteiger partial charge in [0.25, 0.3) is 0 Å². The van der Waals surface area contributed by atoms with E-state index < -0.39 is 0 Å². The minimum atomic E-state index is 0.815. The van der Waals surface area contributed by atoms with Crippen LogP contribution in [0.2, 0.25) is 0 Å². The molecule has 2 nitrogen and oxygen atoms in total. The van der Waals surface area contributed by atoms with Gasteiger partial charge in [-0.3, -0.25) is 0 Å². The third-order valence-electron chi connectivity index (χ3n) is 2.49. The molecule has 0 N–H and O–H groups in total. The van der Waals surface area contributed by atoms with Gasteiger partial charge in [0.1, 0.15) is 0 Å². The molecule has 1 aliphatic rings. The highest BCUT2D eigenvalue weighted by molar-refractivity contribution is 14.1. The van der Waals surface area contributed by atoms with Gasteiger partial charge in [0.05, 0.1) is 0 Å². The summed E-state index contributed by atoms with van der Waals surface area (Å²) < 4.78 is 2.39. The molecule has 1 saturated heterocycles. The second kappa shape index (κ2) is 4.62. The summed E-state index contributed by atoms with van der Waals surface area (Å²) in [4.78, 5) is 2.48. The molecule has 0 aromatic carbocycles. The maximum atomic E-state index is 2.48. The topological polar surface area (TPSA) is 6.48 Å². The predicted octanol–water partition coefficient (Wildman–Crippen LogP) is 1.75. The van der Waals surface area contributed by atoms with E-state index in [1.807, 2.05) is 0 Å². The number of rotatable bonds is 1. The Kier molecular flexibility index (Phi) is 4.09. The van der Waals surface area contributed by atoms with Gasteiger partial charge in [0, 0.05) is 48.5 Å². The van der Waals surface area contributed by atoms with Crippen LogP contribution < -0.4 is 0 Å². The molecule has 0 aliphatic carbocycles. The smallest absolute Gasteiger partial charge is 0.0209 e. The van der Waals surface area contributed by atoms with Crippen LogP contribution >= 0.6 is 22.9 Å². The lowest BCUT2D eigenvalue weighted by Crippen LogP contribution is -2.31. The first-order chi connectivity index (χ1) is 5.24. The van der Waals surface area contributed by atoms with Crippen molar-refractivity contribution >= 4 is 22.9 Å². The first kappa shape index (κ1) is 9.74. The highest BCUT2D eigenvalue weighted by Crippen LogP contribution is 2.13. The number of nitrogens with zero attached hydrogens (tertiary/aromatic N) is 2. The van der Waals surface area contributed by atoms with Gasteiger partial charge in [-0.05, 0) is 19.9 Å². The van der Waals surface area contributed by atoms with Crippen molar-refractivity contribution in [3.8, 4) is 0 Å². The minimum absolute atomic E-state index is 0.815. The molecule has 66 valence electrons. The van der Waals surface area contributed by atoms with Crippen molar-refractivity contribution in [2.75, 3.05) is 26.7 Å². The number of hydrogen-bond acceptors (Lipinski definition) is 2. The summed E-state index contributed by atoms with van der Waals surface area (Å²) in [7, 11) is 2.24. The van der Waals surface area contributed by atoms with Crippen LogP contribution in [0.4, 0.5) is 0 Å². The molecular weight excluding hydrogens is 251 g/mol. The zero-order valence-electron chi connectivity index (χ0n) is 7.39. The molecule has 1 rings (SSSR count). The van der Waals surface area contributed by atoms with Crippen LogP contribution in [0.1, 0.15) is 19.8 Å². The summed E-state index contributed by atoms with van der Waals surface area (Å²) in [5.41, 5.74) is 0. The summed E-state index contributed by atoms with van der Waals surface area (Å²) >= 11 is 2.42. The van der Waals surface area contributed by atoms with Crippen LogP contribution in [0.3, 0.4) is 0 Å². The van der Waals surface area contributed by atoms with Gasteiger partial charge in [-0.25, -0.2) is 3.11 Å². The normalized spacial score (nSPS) is 30.3. The molecule has 1 fully saturated rings. The maximum Gasteiger partial charge on any atom is 0.0209 e. The molecule has 0 spiro atoms. The SMILES string of the molecule is CCC1CCN(I)CCN1C. The van der Waals surface area contributed by atoms with Crippen molar-refractivity contribution < 1.29 is 0 Å². The first-order valence-electron chi connectivity index (χ1n) is 4.35. The van der Waals surface area contributed by atoms with E-state index >= 15 is 0 Å². The van der Waals surface area contributed by atoms with Crippen LogP contribution in [-0.2, 0) is 0 Å². The van der Waals surface area contributed by atoms with Gasteiger partial charge in [-0.2, -0.15) is 0 Å². The Bertz CT molecular complexity index is 119. The molecular formula is C8H17IN2. The fourth-order valence-electron chi connectivity index (χ4n) is 1.59. The lowest BCUT2D eigenvalue weighted by atomic mass is 10.1. The highest BCUT2D eigenvalue weighted by Gasteiger charge is 2.17. The molecule has 1 atom stereocenters. The van der Waals surface area contributed by atoms with E-state index in [2.05, 4.69) is 44.8 Å². The lowest BCUT2D eigenvalue weighted by Gasteiger charge is -2.23. The zero-order chi connectivity index (χ0) is 8.27. The van der Waals surface area contributed by atoms with Crippen molar-refractivity contribution in [1.82, 2.24) is 8.01 Å². The Hall–Kier alpha value is 0.650. The standard InChI is InChI=1S/C8H17IN2/c1-3-8-4-5-11(9)7-6-10(8)2/h8H,3-7H2,1-2H3. The summed E-state index contributed by atoms with van der Waals surface area (Å²) in [5.74, 6) is 0. The van der Waals surface area contributed by atoms with E-state index in [-0.39, 0.29) is 0 Å². The summed E-state index contributed by atoms with van der Waals surface area (Å²) in [5, 5.41) is 0. The summed E-state index contributed by atoms with van der Waals surface area (Å²) in [6.45, 7) is 5.97. The zero-order valence-corrected chi connectivity index (χ0v) is 9.54. The van der Waals surface area contributed by atoms with E-state index in [1.54, 1.807) is 0 Å². The molecule has 0 aromatic heterocycles. The molecule has 3 heteroatoms. The second-order valence-corrected chi connectivity index (χ2v) is 4.61.